The highest BCUT2D eigenvalue weighted by molar-refractivity contribution is 5.94. The second kappa shape index (κ2) is 7.99. The van der Waals surface area contributed by atoms with E-state index in [9.17, 15) is 14.0 Å². The minimum Gasteiger partial charge on any atom is -0.349 e. The number of aryl methyl sites for hydroxylation is 1. The lowest BCUT2D eigenvalue weighted by Gasteiger charge is -2.32. The van der Waals surface area contributed by atoms with Crippen LogP contribution in [0.5, 0.6) is 0 Å². The van der Waals surface area contributed by atoms with Crippen molar-refractivity contribution >= 4 is 17.6 Å². The molecular weight excluding hydrogens is 333 g/mol. The molecule has 0 spiro atoms. The number of anilines is 1. The molecule has 2 N–H and O–H groups in total. The molecule has 3 rings (SSSR count). The quantitative estimate of drug-likeness (QED) is 0.884. The van der Waals surface area contributed by atoms with Crippen LogP contribution < -0.4 is 10.6 Å². The smallest absolute Gasteiger partial charge is 0.321 e. The molecule has 3 amide bonds. The lowest BCUT2D eigenvalue weighted by atomic mass is 10.0. The standard InChI is InChI=1S/C20H22FN3O2/c1-14-7-8-15(13-18(14)21)19(25)22-17-9-11-24(12-10-17)20(26)23-16-5-3-2-4-6-16/h2-8,13,17H,9-12H2,1H3,(H,22,25)(H,23,26). The predicted molar refractivity (Wildman–Crippen MR) is 98.7 cm³/mol. The monoisotopic (exact) mass is 355 g/mol. The number of likely N-dealkylation sites (tertiary alicyclic amines) is 1. The highest BCUT2D eigenvalue weighted by Crippen LogP contribution is 2.15. The van der Waals surface area contributed by atoms with Gasteiger partial charge in [-0.3, -0.25) is 4.79 Å². The predicted octanol–water partition coefficient (Wildman–Crippen LogP) is 3.56. The molecule has 0 atom stereocenters. The maximum absolute atomic E-state index is 13.6. The van der Waals surface area contributed by atoms with Gasteiger partial charge in [-0.15, -0.1) is 0 Å². The number of urea groups is 1. The Morgan fingerprint density at radius 2 is 1.77 bits per heavy atom. The summed E-state index contributed by atoms with van der Waals surface area (Å²) in [5.74, 6) is -0.666. The number of carbonyl (C=O) groups excluding carboxylic acids is 2. The molecule has 1 heterocycles. The average Bonchev–Trinajstić information content (AvgIpc) is 2.65. The summed E-state index contributed by atoms with van der Waals surface area (Å²) < 4.78 is 13.6. The first-order chi connectivity index (χ1) is 12.5. The van der Waals surface area contributed by atoms with Gasteiger partial charge in [0.15, 0.2) is 0 Å². The minimum absolute atomic E-state index is 0.0207. The van der Waals surface area contributed by atoms with E-state index in [0.717, 1.165) is 5.69 Å². The topological polar surface area (TPSA) is 61.4 Å². The number of nitrogens with one attached hydrogen (secondary N) is 2. The summed E-state index contributed by atoms with van der Waals surface area (Å²) in [6.45, 7) is 2.78. The number of piperidine rings is 1. The Hall–Kier alpha value is -2.89. The van der Waals surface area contributed by atoms with Gasteiger partial charge in [-0.05, 0) is 49.6 Å². The van der Waals surface area contributed by atoms with E-state index in [1.807, 2.05) is 30.3 Å². The van der Waals surface area contributed by atoms with Crippen LogP contribution in [0.15, 0.2) is 48.5 Å². The number of hydrogen-bond donors (Lipinski definition) is 2. The van der Waals surface area contributed by atoms with Crippen LogP contribution in [0, 0.1) is 12.7 Å². The van der Waals surface area contributed by atoms with Crippen LogP contribution in [0.25, 0.3) is 0 Å². The van der Waals surface area contributed by atoms with Crippen LogP contribution in [-0.4, -0.2) is 36.0 Å². The molecule has 0 unspecified atom stereocenters. The molecule has 1 fully saturated rings. The molecular formula is C20H22FN3O2. The molecule has 0 aromatic heterocycles. The van der Waals surface area contributed by atoms with Gasteiger partial charge in [0.25, 0.3) is 5.91 Å². The molecule has 1 aliphatic heterocycles. The van der Waals surface area contributed by atoms with E-state index in [-0.39, 0.29) is 23.8 Å². The zero-order valence-electron chi connectivity index (χ0n) is 14.7. The number of halogens is 1. The Balaban J connectivity index is 1.49. The fourth-order valence-corrected chi connectivity index (χ4v) is 2.95. The summed E-state index contributed by atoms with van der Waals surface area (Å²) in [7, 11) is 0. The molecule has 0 bridgehead atoms. The van der Waals surface area contributed by atoms with Crippen molar-refractivity contribution in [2.45, 2.75) is 25.8 Å². The van der Waals surface area contributed by atoms with Gasteiger partial charge >= 0.3 is 6.03 Å². The van der Waals surface area contributed by atoms with Gasteiger partial charge in [0.1, 0.15) is 5.82 Å². The highest BCUT2D eigenvalue weighted by atomic mass is 19.1. The first-order valence-electron chi connectivity index (χ1n) is 8.71. The van der Waals surface area contributed by atoms with Gasteiger partial charge in [0, 0.05) is 30.4 Å². The fourth-order valence-electron chi connectivity index (χ4n) is 2.95. The fraction of sp³-hybridized carbons (Fsp3) is 0.300. The number of para-hydroxylation sites is 1. The van der Waals surface area contributed by atoms with Gasteiger partial charge in [-0.1, -0.05) is 24.3 Å². The van der Waals surface area contributed by atoms with Crippen LogP contribution in [0.4, 0.5) is 14.9 Å². The van der Waals surface area contributed by atoms with E-state index in [2.05, 4.69) is 10.6 Å². The van der Waals surface area contributed by atoms with Crippen molar-refractivity contribution in [2.24, 2.45) is 0 Å². The molecule has 1 saturated heterocycles. The first-order valence-corrected chi connectivity index (χ1v) is 8.71. The van der Waals surface area contributed by atoms with E-state index >= 15 is 0 Å². The number of carbonyl (C=O) groups is 2. The van der Waals surface area contributed by atoms with Gasteiger partial charge < -0.3 is 15.5 Å². The van der Waals surface area contributed by atoms with Crippen LogP contribution in [-0.2, 0) is 0 Å². The van der Waals surface area contributed by atoms with Crippen LogP contribution in [0.1, 0.15) is 28.8 Å². The minimum atomic E-state index is -0.384. The summed E-state index contributed by atoms with van der Waals surface area (Å²) in [6, 6.07) is 13.6. The maximum atomic E-state index is 13.6. The molecule has 0 radical (unpaired) electrons. The lowest BCUT2D eigenvalue weighted by Crippen LogP contribution is -2.47. The summed E-state index contributed by atoms with van der Waals surface area (Å²) >= 11 is 0. The largest absolute Gasteiger partial charge is 0.349 e. The third kappa shape index (κ3) is 4.39. The van der Waals surface area contributed by atoms with Crippen molar-refractivity contribution in [3.8, 4) is 0 Å². The Morgan fingerprint density at radius 3 is 2.42 bits per heavy atom. The zero-order valence-corrected chi connectivity index (χ0v) is 14.7. The van der Waals surface area contributed by atoms with Crippen LogP contribution in [0.2, 0.25) is 0 Å². The molecule has 0 aliphatic carbocycles. The van der Waals surface area contributed by atoms with E-state index < -0.39 is 0 Å². The molecule has 0 saturated carbocycles. The summed E-state index contributed by atoms with van der Waals surface area (Å²) in [6.07, 6.45) is 1.34. The number of nitrogens with zero attached hydrogens (tertiary/aromatic N) is 1. The Labute approximate surface area is 152 Å². The molecule has 1 aliphatic rings. The number of amides is 3. The van der Waals surface area contributed by atoms with Crippen molar-refractivity contribution in [3.63, 3.8) is 0 Å². The van der Waals surface area contributed by atoms with Gasteiger partial charge in [-0.25, -0.2) is 9.18 Å². The van der Waals surface area contributed by atoms with Crippen molar-refractivity contribution < 1.29 is 14.0 Å². The summed E-state index contributed by atoms with van der Waals surface area (Å²) in [5.41, 5.74) is 1.59. The van der Waals surface area contributed by atoms with Gasteiger partial charge in [-0.2, -0.15) is 0 Å². The summed E-state index contributed by atoms with van der Waals surface area (Å²) in [4.78, 5) is 26.3. The van der Waals surface area contributed by atoms with E-state index in [4.69, 9.17) is 0 Å². The second-order valence-corrected chi connectivity index (χ2v) is 6.49. The zero-order chi connectivity index (χ0) is 18.5. The van der Waals surface area contributed by atoms with E-state index in [0.29, 0.717) is 37.1 Å². The molecule has 26 heavy (non-hydrogen) atoms. The van der Waals surface area contributed by atoms with Crippen LogP contribution in [0.3, 0.4) is 0 Å². The Bertz CT molecular complexity index is 787. The number of rotatable bonds is 3. The highest BCUT2D eigenvalue weighted by Gasteiger charge is 2.24. The summed E-state index contributed by atoms with van der Waals surface area (Å²) in [5, 5.41) is 5.79. The van der Waals surface area contributed by atoms with Crippen molar-refractivity contribution in [2.75, 3.05) is 18.4 Å². The Morgan fingerprint density at radius 1 is 1.08 bits per heavy atom. The van der Waals surface area contributed by atoms with Crippen molar-refractivity contribution in [1.82, 2.24) is 10.2 Å². The van der Waals surface area contributed by atoms with Crippen LogP contribution >= 0.6 is 0 Å². The third-order valence-corrected chi connectivity index (χ3v) is 4.58. The van der Waals surface area contributed by atoms with Gasteiger partial charge in [0.2, 0.25) is 0 Å². The molecule has 2 aromatic rings. The Kier molecular flexibility index (Phi) is 5.51. The first kappa shape index (κ1) is 17.9. The van der Waals surface area contributed by atoms with Crippen molar-refractivity contribution in [3.05, 3.63) is 65.5 Å². The number of hydrogen-bond acceptors (Lipinski definition) is 2. The molecule has 6 heteroatoms. The van der Waals surface area contributed by atoms with Crippen molar-refractivity contribution in [1.29, 1.82) is 0 Å². The van der Waals surface area contributed by atoms with E-state index in [1.165, 1.54) is 6.07 Å². The molecule has 2 aromatic carbocycles. The van der Waals surface area contributed by atoms with Gasteiger partial charge in [0.05, 0.1) is 0 Å². The normalized spacial score (nSPS) is 14.8. The SMILES string of the molecule is Cc1ccc(C(=O)NC2CCN(C(=O)Nc3ccccc3)CC2)cc1F. The maximum Gasteiger partial charge on any atom is 0.321 e. The third-order valence-electron chi connectivity index (χ3n) is 4.58. The lowest BCUT2D eigenvalue weighted by molar-refractivity contribution is 0.0919. The average molecular weight is 355 g/mol. The van der Waals surface area contributed by atoms with E-state index in [1.54, 1.807) is 24.0 Å². The molecule has 5 nitrogen and oxygen atoms in total. The number of benzene rings is 2. The molecule has 136 valence electrons. The second-order valence-electron chi connectivity index (χ2n) is 6.49.